The highest BCUT2D eigenvalue weighted by Crippen LogP contribution is 2.26. The summed E-state index contributed by atoms with van der Waals surface area (Å²) in [7, 11) is 0. The lowest BCUT2D eigenvalue weighted by Crippen LogP contribution is -2.51. The van der Waals surface area contributed by atoms with E-state index < -0.39 is 0 Å². The molecule has 2 rings (SSSR count). The van der Waals surface area contributed by atoms with Crippen molar-refractivity contribution < 1.29 is 4.79 Å². The van der Waals surface area contributed by atoms with Crippen molar-refractivity contribution in [1.29, 1.82) is 0 Å². The molecular weight excluding hydrogens is 272 g/mol. The Hall–Kier alpha value is -1.35. The second-order valence-corrected chi connectivity index (χ2v) is 6.64. The van der Waals surface area contributed by atoms with Crippen molar-refractivity contribution in [2.45, 2.75) is 71.9 Å². The molecule has 2 atom stereocenters. The van der Waals surface area contributed by atoms with E-state index in [1.54, 1.807) is 0 Å². The molecule has 0 aromatic heterocycles. The van der Waals surface area contributed by atoms with Crippen molar-refractivity contribution >= 4 is 11.6 Å². The number of nitrogens with zero attached hydrogens (tertiary/aromatic N) is 1. The maximum Gasteiger partial charge on any atom is 0.241 e. The normalized spacial score (nSPS) is 22.5. The molecule has 1 aliphatic heterocycles. The fraction of sp³-hybridized carbons (Fsp3) is 0.632. The summed E-state index contributed by atoms with van der Waals surface area (Å²) in [5, 5.41) is 3.19. The Balaban J connectivity index is 2.12. The number of para-hydroxylation sites is 1. The molecule has 0 saturated carbocycles. The van der Waals surface area contributed by atoms with Crippen LogP contribution >= 0.6 is 0 Å². The highest BCUT2D eigenvalue weighted by atomic mass is 16.2. The second kappa shape index (κ2) is 7.77. The first-order chi connectivity index (χ1) is 10.5. The third-order valence-corrected chi connectivity index (χ3v) is 4.87. The van der Waals surface area contributed by atoms with E-state index in [1.165, 1.54) is 12.8 Å². The van der Waals surface area contributed by atoms with Gasteiger partial charge in [0.25, 0.3) is 0 Å². The summed E-state index contributed by atoms with van der Waals surface area (Å²) in [5.74, 6) is 0.167. The SMILES string of the molecule is CCCCN1C(C)CCCC1C(=O)Nc1c(C)cccc1C. The smallest absolute Gasteiger partial charge is 0.241 e. The number of hydrogen-bond donors (Lipinski definition) is 1. The topological polar surface area (TPSA) is 32.3 Å². The number of amides is 1. The number of rotatable bonds is 5. The van der Waals surface area contributed by atoms with E-state index in [0.717, 1.165) is 42.6 Å². The lowest BCUT2D eigenvalue weighted by Gasteiger charge is -2.39. The minimum Gasteiger partial charge on any atom is -0.324 e. The van der Waals surface area contributed by atoms with Crippen molar-refractivity contribution in [3.63, 3.8) is 0 Å². The molecule has 0 aliphatic carbocycles. The van der Waals surface area contributed by atoms with Crippen LogP contribution in [-0.2, 0) is 4.79 Å². The van der Waals surface area contributed by atoms with Crippen LogP contribution in [0.5, 0.6) is 0 Å². The molecule has 1 heterocycles. The maximum atomic E-state index is 12.8. The molecule has 3 heteroatoms. The Bertz CT molecular complexity index is 492. The van der Waals surface area contributed by atoms with E-state index >= 15 is 0 Å². The zero-order valence-corrected chi connectivity index (χ0v) is 14.5. The summed E-state index contributed by atoms with van der Waals surface area (Å²) in [6.45, 7) is 9.61. The highest BCUT2D eigenvalue weighted by molar-refractivity contribution is 5.96. The molecule has 1 fully saturated rings. The maximum absolute atomic E-state index is 12.8. The second-order valence-electron chi connectivity index (χ2n) is 6.64. The monoisotopic (exact) mass is 302 g/mol. The summed E-state index contributed by atoms with van der Waals surface area (Å²) >= 11 is 0. The van der Waals surface area contributed by atoms with Crippen LogP contribution in [0, 0.1) is 13.8 Å². The van der Waals surface area contributed by atoms with Gasteiger partial charge in [0.05, 0.1) is 6.04 Å². The molecule has 1 N–H and O–H groups in total. The Morgan fingerprint density at radius 3 is 2.59 bits per heavy atom. The van der Waals surface area contributed by atoms with Gasteiger partial charge in [-0.25, -0.2) is 0 Å². The molecular formula is C19H30N2O. The molecule has 1 aliphatic rings. The average molecular weight is 302 g/mol. The van der Waals surface area contributed by atoms with E-state index in [2.05, 4.69) is 50.0 Å². The number of benzene rings is 1. The molecule has 2 unspecified atom stereocenters. The molecule has 0 spiro atoms. The number of anilines is 1. The van der Waals surface area contributed by atoms with E-state index in [9.17, 15) is 4.79 Å². The summed E-state index contributed by atoms with van der Waals surface area (Å²) < 4.78 is 0. The van der Waals surface area contributed by atoms with Crippen LogP contribution in [0.25, 0.3) is 0 Å². The van der Waals surface area contributed by atoms with Gasteiger partial charge in [-0.3, -0.25) is 9.69 Å². The van der Waals surface area contributed by atoms with Crippen LogP contribution in [0.2, 0.25) is 0 Å². The molecule has 122 valence electrons. The van der Waals surface area contributed by atoms with Gasteiger partial charge < -0.3 is 5.32 Å². The standard InChI is InChI=1S/C19H30N2O/c1-5-6-13-21-16(4)11-8-12-17(21)19(22)20-18-14(2)9-7-10-15(18)3/h7,9-10,16-17H,5-6,8,11-13H2,1-4H3,(H,20,22). The highest BCUT2D eigenvalue weighted by Gasteiger charge is 2.32. The van der Waals surface area contributed by atoms with Crippen molar-refractivity contribution in [3.05, 3.63) is 29.3 Å². The summed E-state index contributed by atoms with van der Waals surface area (Å²) in [6, 6.07) is 6.68. The number of unbranched alkanes of at least 4 members (excludes halogenated alkanes) is 1. The number of hydrogen-bond acceptors (Lipinski definition) is 2. The lowest BCUT2D eigenvalue weighted by molar-refractivity contribution is -0.123. The number of nitrogens with one attached hydrogen (secondary N) is 1. The first-order valence-corrected chi connectivity index (χ1v) is 8.67. The van der Waals surface area contributed by atoms with Gasteiger partial charge in [0.1, 0.15) is 0 Å². The zero-order chi connectivity index (χ0) is 16.1. The molecule has 1 saturated heterocycles. The zero-order valence-electron chi connectivity index (χ0n) is 14.5. The van der Waals surface area contributed by atoms with E-state index in [0.29, 0.717) is 6.04 Å². The Morgan fingerprint density at radius 2 is 1.95 bits per heavy atom. The van der Waals surface area contributed by atoms with Crippen molar-refractivity contribution in [3.8, 4) is 0 Å². The average Bonchev–Trinajstić information content (AvgIpc) is 2.49. The van der Waals surface area contributed by atoms with E-state index in [4.69, 9.17) is 0 Å². The third-order valence-electron chi connectivity index (χ3n) is 4.87. The first kappa shape index (κ1) is 17.0. The molecule has 1 aromatic rings. The summed E-state index contributed by atoms with van der Waals surface area (Å²) in [6.07, 6.45) is 5.67. The van der Waals surface area contributed by atoms with Crippen LogP contribution in [0.1, 0.15) is 57.1 Å². The van der Waals surface area contributed by atoms with Crippen LogP contribution in [0.15, 0.2) is 18.2 Å². The van der Waals surface area contributed by atoms with Crippen molar-refractivity contribution in [1.82, 2.24) is 4.90 Å². The van der Waals surface area contributed by atoms with Gasteiger partial charge in [-0.2, -0.15) is 0 Å². The van der Waals surface area contributed by atoms with Crippen molar-refractivity contribution in [2.24, 2.45) is 0 Å². The fourth-order valence-electron chi connectivity index (χ4n) is 3.46. The molecule has 3 nitrogen and oxygen atoms in total. The minimum atomic E-state index is 0.0225. The summed E-state index contributed by atoms with van der Waals surface area (Å²) in [5.41, 5.74) is 3.26. The van der Waals surface area contributed by atoms with Crippen LogP contribution < -0.4 is 5.32 Å². The van der Waals surface area contributed by atoms with Gasteiger partial charge in [0.15, 0.2) is 0 Å². The van der Waals surface area contributed by atoms with Gasteiger partial charge in [-0.05, 0) is 64.1 Å². The van der Waals surface area contributed by atoms with Gasteiger partial charge in [0.2, 0.25) is 5.91 Å². The quantitative estimate of drug-likeness (QED) is 0.880. The molecule has 1 aromatic carbocycles. The lowest BCUT2D eigenvalue weighted by atomic mass is 9.95. The van der Waals surface area contributed by atoms with E-state index in [-0.39, 0.29) is 11.9 Å². The minimum absolute atomic E-state index is 0.0225. The number of piperidine rings is 1. The molecule has 1 amide bonds. The molecule has 0 radical (unpaired) electrons. The van der Waals surface area contributed by atoms with Gasteiger partial charge >= 0.3 is 0 Å². The number of carbonyl (C=O) groups excluding carboxylic acids is 1. The number of aryl methyl sites for hydroxylation is 2. The van der Waals surface area contributed by atoms with Gasteiger partial charge in [-0.1, -0.05) is 31.5 Å². The summed E-state index contributed by atoms with van der Waals surface area (Å²) in [4.78, 5) is 15.3. The van der Waals surface area contributed by atoms with Crippen LogP contribution in [-0.4, -0.2) is 29.4 Å². The molecule has 0 bridgehead atoms. The predicted molar refractivity (Wildman–Crippen MR) is 93.3 cm³/mol. The van der Waals surface area contributed by atoms with Crippen LogP contribution in [0.3, 0.4) is 0 Å². The Morgan fingerprint density at radius 1 is 1.27 bits per heavy atom. The Labute approximate surface area is 135 Å². The van der Waals surface area contributed by atoms with Gasteiger partial charge in [0, 0.05) is 11.7 Å². The molecule has 22 heavy (non-hydrogen) atoms. The predicted octanol–water partition coefficient (Wildman–Crippen LogP) is 4.29. The van der Waals surface area contributed by atoms with Crippen LogP contribution in [0.4, 0.5) is 5.69 Å². The first-order valence-electron chi connectivity index (χ1n) is 8.67. The van der Waals surface area contributed by atoms with E-state index in [1.807, 2.05) is 6.07 Å². The number of likely N-dealkylation sites (tertiary alicyclic amines) is 1. The fourth-order valence-corrected chi connectivity index (χ4v) is 3.46. The largest absolute Gasteiger partial charge is 0.324 e. The van der Waals surface area contributed by atoms with Gasteiger partial charge in [-0.15, -0.1) is 0 Å². The Kier molecular flexibility index (Phi) is 6.01. The number of carbonyl (C=O) groups is 1. The van der Waals surface area contributed by atoms with Crippen molar-refractivity contribution in [2.75, 3.05) is 11.9 Å². The third kappa shape index (κ3) is 3.89.